The van der Waals surface area contributed by atoms with Gasteiger partial charge in [0, 0.05) is 37.3 Å². The SMILES string of the molecule is CC(=O)N1CC(c2ncn(C(C)C)n2)c2cc(C(=O)NCc3ccccc3)ccc21. The molecule has 2 amide bonds. The second-order valence-corrected chi connectivity index (χ2v) is 7.80. The van der Waals surface area contributed by atoms with Gasteiger partial charge in [0.15, 0.2) is 5.82 Å². The van der Waals surface area contributed by atoms with E-state index in [1.807, 2.05) is 61.0 Å². The molecule has 2 heterocycles. The van der Waals surface area contributed by atoms with Crippen molar-refractivity contribution in [3.63, 3.8) is 0 Å². The summed E-state index contributed by atoms with van der Waals surface area (Å²) in [5, 5.41) is 7.56. The second kappa shape index (κ2) is 8.10. The fourth-order valence-electron chi connectivity index (χ4n) is 3.70. The number of aromatic nitrogens is 3. The van der Waals surface area contributed by atoms with Crippen molar-refractivity contribution in [1.29, 1.82) is 0 Å². The number of benzene rings is 2. The maximum absolute atomic E-state index is 12.7. The molecule has 0 bridgehead atoms. The van der Waals surface area contributed by atoms with E-state index in [-0.39, 0.29) is 23.8 Å². The van der Waals surface area contributed by atoms with Crippen molar-refractivity contribution in [2.75, 3.05) is 11.4 Å². The Morgan fingerprint density at radius 1 is 1.17 bits per heavy atom. The van der Waals surface area contributed by atoms with Crippen LogP contribution in [0.15, 0.2) is 54.9 Å². The number of hydrogen-bond donors (Lipinski definition) is 1. The van der Waals surface area contributed by atoms with Crippen molar-refractivity contribution >= 4 is 17.5 Å². The summed E-state index contributed by atoms with van der Waals surface area (Å²) < 4.78 is 1.81. The first-order chi connectivity index (χ1) is 14.4. The number of carbonyl (C=O) groups excluding carboxylic acids is 2. The van der Waals surface area contributed by atoms with Gasteiger partial charge < -0.3 is 10.2 Å². The Morgan fingerprint density at radius 3 is 2.60 bits per heavy atom. The molecule has 1 atom stereocenters. The molecule has 1 aliphatic heterocycles. The molecule has 1 aliphatic rings. The average molecular weight is 403 g/mol. The molecule has 0 radical (unpaired) electrons. The van der Waals surface area contributed by atoms with Crippen LogP contribution in [-0.4, -0.2) is 33.1 Å². The summed E-state index contributed by atoms with van der Waals surface area (Å²) >= 11 is 0. The molecule has 0 aliphatic carbocycles. The minimum atomic E-state index is -0.161. The first kappa shape index (κ1) is 19.8. The predicted molar refractivity (Wildman–Crippen MR) is 114 cm³/mol. The van der Waals surface area contributed by atoms with E-state index in [2.05, 4.69) is 15.4 Å². The van der Waals surface area contributed by atoms with Crippen LogP contribution in [0.3, 0.4) is 0 Å². The van der Waals surface area contributed by atoms with E-state index >= 15 is 0 Å². The summed E-state index contributed by atoms with van der Waals surface area (Å²) in [7, 11) is 0. The number of carbonyl (C=O) groups is 2. The second-order valence-electron chi connectivity index (χ2n) is 7.80. The van der Waals surface area contributed by atoms with Crippen LogP contribution >= 0.6 is 0 Å². The van der Waals surface area contributed by atoms with Gasteiger partial charge in [-0.15, -0.1) is 0 Å². The van der Waals surface area contributed by atoms with Crippen LogP contribution in [0.1, 0.15) is 60.0 Å². The lowest BCUT2D eigenvalue weighted by Crippen LogP contribution is -2.27. The summed E-state index contributed by atoms with van der Waals surface area (Å²) in [6, 6.07) is 15.4. The van der Waals surface area contributed by atoms with Crippen LogP contribution in [0, 0.1) is 0 Å². The maximum atomic E-state index is 12.7. The normalized spacial score (nSPS) is 15.3. The molecule has 1 unspecified atom stereocenters. The van der Waals surface area contributed by atoms with Gasteiger partial charge in [-0.25, -0.2) is 4.98 Å². The van der Waals surface area contributed by atoms with Gasteiger partial charge in [-0.2, -0.15) is 5.10 Å². The third kappa shape index (κ3) is 3.83. The molecule has 7 heteroatoms. The van der Waals surface area contributed by atoms with Gasteiger partial charge in [-0.3, -0.25) is 14.3 Å². The molecule has 0 spiro atoms. The van der Waals surface area contributed by atoms with E-state index in [9.17, 15) is 9.59 Å². The van der Waals surface area contributed by atoms with Crippen molar-refractivity contribution in [2.45, 2.75) is 39.3 Å². The number of nitrogens with zero attached hydrogens (tertiary/aromatic N) is 4. The number of amides is 2. The quantitative estimate of drug-likeness (QED) is 0.709. The van der Waals surface area contributed by atoms with E-state index in [4.69, 9.17) is 0 Å². The van der Waals surface area contributed by atoms with Crippen molar-refractivity contribution in [3.8, 4) is 0 Å². The molecule has 7 nitrogen and oxygen atoms in total. The monoisotopic (exact) mass is 403 g/mol. The first-order valence-electron chi connectivity index (χ1n) is 10.1. The highest BCUT2D eigenvalue weighted by Crippen LogP contribution is 2.39. The summed E-state index contributed by atoms with van der Waals surface area (Å²) in [5.74, 6) is 0.312. The van der Waals surface area contributed by atoms with Crippen LogP contribution in [0.5, 0.6) is 0 Å². The highest BCUT2D eigenvalue weighted by Gasteiger charge is 2.35. The molecular formula is C23H25N5O2. The van der Waals surface area contributed by atoms with Gasteiger partial charge in [0.1, 0.15) is 6.33 Å². The third-order valence-electron chi connectivity index (χ3n) is 5.36. The van der Waals surface area contributed by atoms with E-state index < -0.39 is 0 Å². The van der Waals surface area contributed by atoms with Crippen molar-refractivity contribution < 1.29 is 9.59 Å². The minimum absolute atomic E-state index is 0.0386. The number of nitrogens with one attached hydrogen (secondary N) is 1. The van der Waals surface area contributed by atoms with E-state index in [1.165, 1.54) is 0 Å². The molecule has 154 valence electrons. The van der Waals surface area contributed by atoms with Crippen molar-refractivity contribution in [1.82, 2.24) is 20.1 Å². The standard InChI is InChI=1S/C23H25N5O2/c1-15(2)28-14-25-22(26-28)20-13-27(16(3)29)21-10-9-18(11-19(20)21)23(30)24-12-17-7-5-4-6-8-17/h4-11,14-15,20H,12-13H2,1-3H3,(H,24,30). The van der Waals surface area contributed by atoms with Crippen molar-refractivity contribution in [3.05, 3.63) is 77.4 Å². The van der Waals surface area contributed by atoms with Crippen molar-refractivity contribution in [2.24, 2.45) is 0 Å². The summed E-state index contributed by atoms with van der Waals surface area (Å²) in [4.78, 5) is 31.1. The molecule has 1 N–H and O–H groups in total. The fourth-order valence-corrected chi connectivity index (χ4v) is 3.70. The smallest absolute Gasteiger partial charge is 0.251 e. The van der Waals surface area contributed by atoms with Gasteiger partial charge in [0.25, 0.3) is 5.91 Å². The Balaban J connectivity index is 1.62. The minimum Gasteiger partial charge on any atom is -0.348 e. The Morgan fingerprint density at radius 2 is 1.93 bits per heavy atom. The lowest BCUT2D eigenvalue weighted by atomic mass is 9.98. The Hall–Kier alpha value is -3.48. The molecule has 2 aromatic carbocycles. The summed E-state index contributed by atoms with van der Waals surface area (Å²) in [6.07, 6.45) is 1.71. The Bertz CT molecular complexity index is 1070. The van der Waals surface area contributed by atoms with Crippen LogP contribution in [0.25, 0.3) is 0 Å². The fraction of sp³-hybridized carbons (Fsp3) is 0.304. The lowest BCUT2D eigenvalue weighted by Gasteiger charge is -2.15. The first-order valence-corrected chi connectivity index (χ1v) is 10.1. The van der Waals surface area contributed by atoms with E-state index in [1.54, 1.807) is 24.2 Å². The number of rotatable bonds is 5. The van der Waals surface area contributed by atoms with Crippen LogP contribution in [0.4, 0.5) is 5.69 Å². The molecule has 0 fully saturated rings. The summed E-state index contributed by atoms with van der Waals surface area (Å²) in [5.41, 5.74) is 3.31. The molecule has 4 rings (SSSR count). The summed E-state index contributed by atoms with van der Waals surface area (Å²) in [6.45, 7) is 6.56. The predicted octanol–water partition coefficient (Wildman–Crippen LogP) is 3.29. The highest BCUT2D eigenvalue weighted by atomic mass is 16.2. The van der Waals surface area contributed by atoms with Gasteiger partial charge in [0.2, 0.25) is 5.91 Å². The topological polar surface area (TPSA) is 80.1 Å². The lowest BCUT2D eigenvalue weighted by molar-refractivity contribution is -0.116. The zero-order valence-corrected chi connectivity index (χ0v) is 17.4. The van der Waals surface area contributed by atoms with Crippen LogP contribution < -0.4 is 10.2 Å². The van der Waals surface area contributed by atoms with E-state index in [0.29, 0.717) is 24.5 Å². The zero-order chi connectivity index (χ0) is 21.3. The highest BCUT2D eigenvalue weighted by molar-refractivity contribution is 5.98. The number of fused-ring (bicyclic) bond motifs is 1. The van der Waals surface area contributed by atoms with Crippen LogP contribution in [-0.2, 0) is 11.3 Å². The average Bonchev–Trinajstić information content (AvgIpc) is 3.37. The third-order valence-corrected chi connectivity index (χ3v) is 5.36. The van der Waals surface area contributed by atoms with Gasteiger partial charge >= 0.3 is 0 Å². The maximum Gasteiger partial charge on any atom is 0.251 e. The number of anilines is 1. The van der Waals surface area contributed by atoms with Gasteiger partial charge in [0.05, 0.1) is 5.92 Å². The molecule has 0 saturated heterocycles. The number of hydrogen-bond acceptors (Lipinski definition) is 4. The van der Waals surface area contributed by atoms with Crippen LogP contribution in [0.2, 0.25) is 0 Å². The van der Waals surface area contributed by atoms with Gasteiger partial charge in [-0.1, -0.05) is 30.3 Å². The molecule has 3 aromatic rings. The molecule has 30 heavy (non-hydrogen) atoms. The van der Waals surface area contributed by atoms with E-state index in [0.717, 1.165) is 16.8 Å². The molecular weight excluding hydrogens is 378 g/mol. The Labute approximate surface area is 175 Å². The van der Waals surface area contributed by atoms with Gasteiger partial charge in [-0.05, 0) is 43.2 Å². The Kier molecular flexibility index (Phi) is 5.35. The molecule has 1 aromatic heterocycles. The zero-order valence-electron chi connectivity index (χ0n) is 17.4. The molecule has 0 saturated carbocycles. The largest absolute Gasteiger partial charge is 0.348 e.